The second-order valence-corrected chi connectivity index (χ2v) is 6.91. The van der Waals surface area contributed by atoms with Gasteiger partial charge < -0.3 is 20.1 Å². The first-order valence-corrected chi connectivity index (χ1v) is 9.24. The Morgan fingerprint density at radius 2 is 2.15 bits per heavy atom. The monoisotopic (exact) mass is 392 g/mol. The number of carbonyl (C=O) groups excluding carboxylic acids is 1. The summed E-state index contributed by atoms with van der Waals surface area (Å²) in [5, 5.41) is 6.00. The highest BCUT2D eigenvalue weighted by Crippen LogP contribution is 2.38. The maximum absolute atomic E-state index is 13.1. The highest BCUT2D eigenvalue weighted by Gasteiger charge is 2.23. The number of carbonyl (C=O) groups is 1. The standard InChI is InChI=1S/C20H22ClFN2O3/c1-4-26-19-8-13-7-11(2)27-18(13)10-17(19)23-12(3)20(25)24-16-6-5-14(22)9-15(16)21/h5-6,8-12,23H,4,7H2,1-3H3,(H,24,25)/t11-,12+/m0/s1. The van der Waals surface area contributed by atoms with Crippen LogP contribution in [0.25, 0.3) is 0 Å². The third-order valence-corrected chi connectivity index (χ3v) is 4.57. The molecule has 2 atom stereocenters. The second kappa shape index (κ2) is 8.05. The minimum absolute atomic E-state index is 0.117. The first-order chi connectivity index (χ1) is 12.9. The molecule has 144 valence electrons. The molecule has 5 nitrogen and oxygen atoms in total. The maximum atomic E-state index is 13.1. The van der Waals surface area contributed by atoms with Gasteiger partial charge in [0.1, 0.15) is 29.5 Å². The minimum atomic E-state index is -0.581. The molecule has 2 aromatic rings. The zero-order valence-corrected chi connectivity index (χ0v) is 16.2. The van der Waals surface area contributed by atoms with Gasteiger partial charge in [-0.2, -0.15) is 0 Å². The number of rotatable bonds is 6. The summed E-state index contributed by atoms with van der Waals surface area (Å²) in [7, 11) is 0. The van der Waals surface area contributed by atoms with Crippen LogP contribution in [0.2, 0.25) is 5.02 Å². The fraction of sp³-hybridized carbons (Fsp3) is 0.350. The van der Waals surface area contributed by atoms with Gasteiger partial charge in [-0.05, 0) is 45.0 Å². The predicted octanol–water partition coefficient (Wildman–Crippen LogP) is 4.64. The molecular weight excluding hydrogens is 371 g/mol. The largest absolute Gasteiger partial charge is 0.492 e. The number of ether oxygens (including phenoxy) is 2. The van der Waals surface area contributed by atoms with Gasteiger partial charge in [-0.15, -0.1) is 0 Å². The molecule has 7 heteroatoms. The molecule has 3 rings (SSSR count). The van der Waals surface area contributed by atoms with Gasteiger partial charge >= 0.3 is 0 Å². The van der Waals surface area contributed by atoms with Crippen molar-refractivity contribution in [3.8, 4) is 11.5 Å². The molecule has 1 heterocycles. The Labute approximate surface area is 162 Å². The second-order valence-electron chi connectivity index (χ2n) is 6.50. The van der Waals surface area contributed by atoms with Gasteiger partial charge in [-0.25, -0.2) is 4.39 Å². The van der Waals surface area contributed by atoms with E-state index in [1.54, 1.807) is 6.92 Å². The molecule has 1 amide bonds. The van der Waals surface area contributed by atoms with E-state index < -0.39 is 11.9 Å². The lowest BCUT2D eigenvalue weighted by molar-refractivity contribution is -0.116. The number of nitrogens with one attached hydrogen (secondary N) is 2. The lowest BCUT2D eigenvalue weighted by atomic mass is 10.1. The minimum Gasteiger partial charge on any atom is -0.492 e. The molecule has 1 aliphatic rings. The summed E-state index contributed by atoms with van der Waals surface area (Å²) in [6.45, 7) is 6.15. The highest BCUT2D eigenvalue weighted by molar-refractivity contribution is 6.33. The Morgan fingerprint density at radius 1 is 1.37 bits per heavy atom. The van der Waals surface area contributed by atoms with E-state index in [1.807, 2.05) is 26.0 Å². The summed E-state index contributed by atoms with van der Waals surface area (Å²) in [6, 6.07) is 7.05. The van der Waals surface area contributed by atoms with Crippen LogP contribution in [0.3, 0.4) is 0 Å². The van der Waals surface area contributed by atoms with Crippen LogP contribution in [-0.2, 0) is 11.2 Å². The van der Waals surface area contributed by atoms with Gasteiger partial charge in [0.05, 0.1) is 23.0 Å². The molecule has 27 heavy (non-hydrogen) atoms. The quantitative estimate of drug-likeness (QED) is 0.751. The van der Waals surface area contributed by atoms with Crippen molar-refractivity contribution in [1.82, 2.24) is 0 Å². The van der Waals surface area contributed by atoms with Crippen LogP contribution in [0.4, 0.5) is 15.8 Å². The summed E-state index contributed by atoms with van der Waals surface area (Å²) in [5.41, 5.74) is 2.12. The summed E-state index contributed by atoms with van der Waals surface area (Å²) < 4.78 is 24.7. The number of fused-ring (bicyclic) bond motifs is 1. The van der Waals surface area contributed by atoms with Crippen molar-refractivity contribution in [2.45, 2.75) is 39.3 Å². The van der Waals surface area contributed by atoms with Crippen LogP contribution >= 0.6 is 11.6 Å². The van der Waals surface area contributed by atoms with Crippen LogP contribution in [0.5, 0.6) is 11.5 Å². The molecule has 0 fully saturated rings. The Kier molecular flexibility index (Phi) is 5.75. The molecule has 0 saturated carbocycles. The number of benzene rings is 2. The maximum Gasteiger partial charge on any atom is 0.246 e. The summed E-state index contributed by atoms with van der Waals surface area (Å²) in [4.78, 5) is 12.5. The van der Waals surface area contributed by atoms with Crippen molar-refractivity contribution in [2.75, 3.05) is 17.2 Å². The lowest BCUT2D eigenvalue weighted by Gasteiger charge is -2.19. The molecule has 2 aromatic carbocycles. The normalized spacial score (nSPS) is 16.3. The van der Waals surface area contributed by atoms with Crippen LogP contribution in [0, 0.1) is 5.82 Å². The van der Waals surface area contributed by atoms with Gasteiger partial charge in [0.15, 0.2) is 0 Å². The first kappa shape index (κ1) is 19.3. The van der Waals surface area contributed by atoms with Crippen molar-refractivity contribution in [1.29, 1.82) is 0 Å². The van der Waals surface area contributed by atoms with Crippen LogP contribution in [-0.4, -0.2) is 24.7 Å². The van der Waals surface area contributed by atoms with Crippen molar-refractivity contribution < 1.29 is 18.7 Å². The summed E-state index contributed by atoms with van der Waals surface area (Å²) in [5.74, 6) is 0.703. The average Bonchev–Trinajstić information content (AvgIpc) is 2.96. The third-order valence-electron chi connectivity index (χ3n) is 4.25. The van der Waals surface area contributed by atoms with E-state index in [4.69, 9.17) is 21.1 Å². The van der Waals surface area contributed by atoms with Crippen molar-refractivity contribution in [3.05, 3.63) is 46.7 Å². The highest BCUT2D eigenvalue weighted by atomic mass is 35.5. The molecule has 0 radical (unpaired) electrons. The number of halogens is 2. The Balaban J connectivity index is 1.75. The van der Waals surface area contributed by atoms with E-state index in [2.05, 4.69) is 10.6 Å². The number of hydrogen-bond donors (Lipinski definition) is 2. The molecule has 0 saturated heterocycles. The lowest BCUT2D eigenvalue weighted by Crippen LogP contribution is -2.32. The zero-order chi connectivity index (χ0) is 19.6. The Morgan fingerprint density at radius 3 is 2.85 bits per heavy atom. The molecule has 0 unspecified atom stereocenters. The van der Waals surface area contributed by atoms with Crippen molar-refractivity contribution in [2.24, 2.45) is 0 Å². The van der Waals surface area contributed by atoms with E-state index in [-0.39, 0.29) is 17.0 Å². The fourth-order valence-electron chi connectivity index (χ4n) is 2.96. The van der Waals surface area contributed by atoms with E-state index in [1.165, 1.54) is 12.1 Å². The molecule has 0 spiro atoms. The van der Waals surface area contributed by atoms with Crippen LogP contribution in [0.1, 0.15) is 26.3 Å². The van der Waals surface area contributed by atoms with Crippen molar-refractivity contribution >= 4 is 28.9 Å². The van der Waals surface area contributed by atoms with Gasteiger partial charge in [-0.3, -0.25) is 4.79 Å². The number of hydrogen-bond acceptors (Lipinski definition) is 4. The molecule has 1 aliphatic heterocycles. The number of anilines is 2. The van der Waals surface area contributed by atoms with Gasteiger partial charge in [0.2, 0.25) is 5.91 Å². The van der Waals surface area contributed by atoms with Crippen molar-refractivity contribution in [3.63, 3.8) is 0 Å². The van der Waals surface area contributed by atoms with E-state index in [0.29, 0.717) is 23.7 Å². The average molecular weight is 393 g/mol. The van der Waals surface area contributed by atoms with Gasteiger partial charge in [0.25, 0.3) is 0 Å². The molecular formula is C20H22ClFN2O3. The molecule has 2 N–H and O–H groups in total. The molecule has 0 aliphatic carbocycles. The van der Waals surface area contributed by atoms with E-state index in [9.17, 15) is 9.18 Å². The zero-order valence-electron chi connectivity index (χ0n) is 15.4. The van der Waals surface area contributed by atoms with Crippen LogP contribution < -0.4 is 20.1 Å². The summed E-state index contributed by atoms with van der Waals surface area (Å²) >= 11 is 5.97. The number of amides is 1. The fourth-order valence-corrected chi connectivity index (χ4v) is 3.17. The third kappa shape index (κ3) is 4.45. The summed E-state index contributed by atoms with van der Waals surface area (Å²) in [6.07, 6.45) is 0.945. The van der Waals surface area contributed by atoms with E-state index >= 15 is 0 Å². The Hall–Kier alpha value is -2.47. The Bertz CT molecular complexity index is 859. The SMILES string of the molecule is CCOc1cc2c(cc1N[C@H](C)C(=O)Nc1ccc(F)cc1Cl)O[C@@H](C)C2. The van der Waals surface area contributed by atoms with Crippen LogP contribution in [0.15, 0.2) is 30.3 Å². The smallest absolute Gasteiger partial charge is 0.246 e. The van der Waals surface area contributed by atoms with Gasteiger partial charge in [0, 0.05) is 18.1 Å². The predicted molar refractivity (Wildman–Crippen MR) is 105 cm³/mol. The van der Waals surface area contributed by atoms with Gasteiger partial charge in [-0.1, -0.05) is 11.6 Å². The van der Waals surface area contributed by atoms with E-state index in [0.717, 1.165) is 23.8 Å². The molecule has 0 aromatic heterocycles. The topological polar surface area (TPSA) is 59.6 Å². The molecule has 0 bridgehead atoms. The first-order valence-electron chi connectivity index (χ1n) is 8.86.